The fourth-order valence-corrected chi connectivity index (χ4v) is 1.52. The van der Waals surface area contributed by atoms with Gasteiger partial charge in [0.15, 0.2) is 0 Å². The summed E-state index contributed by atoms with van der Waals surface area (Å²) in [6.45, 7) is 2.50. The van der Waals surface area contributed by atoms with Gasteiger partial charge in [-0.1, -0.05) is 58.3 Å². The fourth-order valence-electron chi connectivity index (χ4n) is 1.52. The van der Waals surface area contributed by atoms with Gasteiger partial charge in [0.1, 0.15) is 0 Å². The van der Waals surface area contributed by atoms with Gasteiger partial charge in [0.05, 0.1) is 0 Å². The summed E-state index contributed by atoms with van der Waals surface area (Å²) in [7, 11) is 0. The standard InChI is InChI=1S/C12H25O/c1-2-3-4-5-6-7-8-9-10-11-12-13/h2,13H,3-12H2,1H3. The third-order valence-electron chi connectivity index (χ3n) is 2.40. The van der Waals surface area contributed by atoms with Crippen LogP contribution in [-0.4, -0.2) is 11.7 Å². The second kappa shape index (κ2) is 12.0. The molecule has 0 aliphatic carbocycles. The zero-order chi connectivity index (χ0) is 9.78. The van der Waals surface area contributed by atoms with Gasteiger partial charge in [-0.3, -0.25) is 0 Å². The van der Waals surface area contributed by atoms with Crippen LogP contribution in [0.1, 0.15) is 64.7 Å². The van der Waals surface area contributed by atoms with E-state index in [1.54, 1.807) is 0 Å². The minimum absolute atomic E-state index is 0.367. The van der Waals surface area contributed by atoms with E-state index >= 15 is 0 Å². The van der Waals surface area contributed by atoms with Crippen molar-refractivity contribution in [2.75, 3.05) is 6.61 Å². The molecule has 0 atom stereocenters. The van der Waals surface area contributed by atoms with Crippen molar-refractivity contribution in [1.29, 1.82) is 0 Å². The van der Waals surface area contributed by atoms with Crippen molar-refractivity contribution in [3.8, 4) is 0 Å². The average molecular weight is 185 g/mol. The molecule has 1 heteroatoms. The summed E-state index contributed by atoms with van der Waals surface area (Å²) in [5.41, 5.74) is 0. The van der Waals surface area contributed by atoms with Gasteiger partial charge in [0.2, 0.25) is 0 Å². The van der Waals surface area contributed by atoms with Crippen molar-refractivity contribution in [2.45, 2.75) is 64.7 Å². The topological polar surface area (TPSA) is 20.2 Å². The molecule has 0 aromatic heterocycles. The van der Waals surface area contributed by atoms with E-state index < -0.39 is 0 Å². The summed E-state index contributed by atoms with van der Waals surface area (Å²) in [5.74, 6) is 0. The number of unbranched alkanes of at least 4 members (excludes halogenated alkanes) is 9. The minimum Gasteiger partial charge on any atom is -0.396 e. The number of aliphatic hydroxyl groups excluding tert-OH is 1. The van der Waals surface area contributed by atoms with Crippen LogP contribution in [0.15, 0.2) is 0 Å². The van der Waals surface area contributed by atoms with Crippen molar-refractivity contribution >= 4 is 0 Å². The van der Waals surface area contributed by atoms with E-state index in [0.717, 1.165) is 6.42 Å². The van der Waals surface area contributed by atoms with Crippen LogP contribution in [0.3, 0.4) is 0 Å². The normalized spacial score (nSPS) is 10.6. The first-order valence-corrected chi connectivity index (χ1v) is 5.80. The molecule has 0 amide bonds. The van der Waals surface area contributed by atoms with Crippen LogP contribution >= 0.6 is 0 Å². The molecule has 0 fully saturated rings. The van der Waals surface area contributed by atoms with Crippen molar-refractivity contribution in [3.63, 3.8) is 0 Å². The summed E-state index contributed by atoms with van der Waals surface area (Å²) >= 11 is 0. The predicted molar refractivity (Wildman–Crippen MR) is 58.6 cm³/mol. The maximum absolute atomic E-state index is 8.56. The molecule has 0 saturated carbocycles. The van der Waals surface area contributed by atoms with Crippen LogP contribution in [0.2, 0.25) is 0 Å². The third kappa shape index (κ3) is 12.0. The zero-order valence-corrected chi connectivity index (χ0v) is 9.10. The van der Waals surface area contributed by atoms with Gasteiger partial charge < -0.3 is 5.11 Å². The van der Waals surface area contributed by atoms with Gasteiger partial charge >= 0.3 is 0 Å². The number of hydrogen-bond donors (Lipinski definition) is 1. The monoisotopic (exact) mass is 185 g/mol. The van der Waals surface area contributed by atoms with Crippen molar-refractivity contribution in [3.05, 3.63) is 6.42 Å². The van der Waals surface area contributed by atoms with Crippen molar-refractivity contribution in [1.82, 2.24) is 0 Å². The Labute approximate surface area is 83.5 Å². The first kappa shape index (κ1) is 13.0. The lowest BCUT2D eigenvalue weighted by Gasteiger charge is -2.00. The molecule has 0 aliphatic heterocycles. The SMILES string of the molecule is C[CH]CCCCCCCCCCO. The number of hydrogen-bond acceptors (Lipinski definition) is 1. The minimum atomic E-state index is 0.367. The molecule has 0 aliphatic rings. The molecule has 79 valence electrons. The van der Waals surface area contributed by atoms with Crippen molar-refractivity contribution < 1.29 is 5.11 Å². The van der Waals surface area contributed by atoms with Gasteiger partial charge in [-0.15, -0.1) is 0 Å². The molecule has 0 aromatic rings. The quantitative estimate of drug-likeness (QED) is 0.514. The lowest BCUT2D eigenvalue weighted by molar-refractivity contribution is 0.282. The highest BCUT2D eigenvalue weighted by atomic mass is 16.2. The highest BCUT2D eigenvalue weighted by Crippen LogP contribution is 2.09. The number of aliphatic hydroxyl groups is 1. The fraction of sp³-hybridized carbons (Fsp3) is 0.917. The molecule has 1 nitrogen and oxygen atoms in total. The van der Waals surface area contributed by atoms with E-state index in [2.05, 4.69) is 13.3 Å². The molecule has 0 saturated heterocycles. The molecule has 1 radical (unpaired) electrons. The molecule has 0 bridgehead atoms. The van der Waals surface area contributed by atoms with Crippen LogP contribution < -0.4 is 0 Å². The second-order valence-corrected chi connectivity index (χ2v) is 3.75. The first-order valence-electron chi connectivity index (χ1n) is 5.80. The molecule has 13 heavy (non-hydrogen) atoms. The summed E-state index contributed by atoms with van der Waals surface area (Å²) in [6, 6.07) is 0. The maximum atomic E-state index is 8.56. The van der Waals surface area contributed by atoms with Crippen LogP contribution in [0, 0.1) is 6.42 Å². The lowest BCUT2D eigenvalue weighted by atomic mass is 10.1. The average Bonchev–Trinajstić information content (AvgIpc) is 2.16. The van der Waals surface area contributed by atoms with Gasteiger partial charge in [0, 0.05) is 6.61 Å². The van der Waals surface area contributed by atoms with Gasteiger partial charge in [-0.05, 0) is 12.8 Å². The summed E-state index contributed by atoms with van der Waals surface area (Å²) in [5, 5.41) is 8.56. The molecule has 0 aromatic carbocycles. The Hall–Kier alpha value is -0.0400. The van der Waals surface area contributed by atoms with Crippen LogP contribution in [0.25, 0.3) is 0 Å². The van der Waals surface area contributed by atoms with Crippen molar-refractivity contribution in [2.24, 2.45) is 0 Å². The van der Waals surface area contributed by atoms with E-state index in [-0.39, 0.29) is 0 Å². The van der Waals surface area contributed by atoms with E-state index in [1.165, 1.54) is 51.4 Å². The Bertz CT molecular complexity index is 71.2. The molecular weight excluding hydrogens is 160 g/mol. The van der Waals surface area contributed by atoms with Gasteiger partial charge in [0.25, 0.3) is 0 Å². The zero-order valence-electron chi connectivity index (χ0n) is 9.10. The smallest absolute Gasteiger partial charge is 0.0431 e. The summed E-state index contributed by atoms with van der Waals surface area (Å²) in [4.78, 5) is 0. The Morgan fingerprint density at radius 3 is 1.69 bits per heavy atom. The Balaban J connectivity index is 2.76. The molecule has 0 rings (SSSR count). The highest BCUT2D eigenvalue weighted by molar-refractivity contribution is 4.55. The van der Waals surface area contributed by atoms with E-state index in [4.69, 9.17) is 5.11 Å². The Kier molecular flexibility index (Phi) is 11.9. The van der Waals surface area contributed by atoms with E-state index in [1.807, 2.05) is 0 Å². The first-order chi connectivity index (χ1) is 6.41. The largest absolute Gasteiger partial charge is 0.396 e. The van der Waals surface area contributed by atoms with Gasteiger partial charge in [-0.25, -0.2) is 0 Å². The highest BCUT2D eigenvalue weighted by Gasteiger charge is 1.91. The second-order valence-electron chi connectivity index (χ2n) is 3.75. The Morgan fingerprint density at radius 1 is 0.769 bits per heavy atom. The summed E-state index contributed by atoms with van der Waals surface area (Å²) in [6.07, 6.45) is 13.9. The maximum Gasteiger partial charge on any atom is 0.0431 e. The van der Waals surface area contributed by atoms with Crippen LogP contribution in [-0.2, 0) is 0 Å². The van der Waals surface area contributed by atoms with Crippen LogP contribution in [0.4, 0.5) is 0 Å². The Morgan fingerprint density at radius 2 is 1.23 bits per heavy atom. The third-order valence-corrected chi connectivity index (χ3v) is 2.40. The van der Waals surface area contributed by atoms with Gasteiger partial charge in [-0.2, -0.15) is 0 Å². The molecule has 0 unspecified atom stereocenters. The van der Waals surface area contributed by atoms with E-state index in [0.29, 0.717) is 6.61 Å². The van der Waals surface area contributed by atoms with Crippen LogP contribution in [0.5, 0.6) is 0 Å². The predicted octanol–water partition coefficient (Wildman–Crippen LogP) is 3.71. The molecule has 0 heterocycles. The van der Waals surface area contributed by atoms with E-state index in [9.17, 15) is 0 Å². The molecule has 1 N–H and O–H groups in total. The summed E-state index contributed by atoms with van der Waals surface area (Å²) < 4.78 is 0. The lowest BCUT2D eigenvalue weighted by Crippen LogP contribution is -1.84. The molecule has 0 spiro atoms. The number of rotatable bonds is 10. The molecular formula is C12H25O.